The smallest absolute Gasteiger partial charge is 0.180 e. The average molecular weight is 378 g/mol. The van der Waals surface area contributed by atoms with Gasteiger partial charge in [-0.3, -0.25) is 0 Å². The minimum atomic E-state index is 0.363. The molecular formula is C18H20ClN3O2S. The molecule has 0 fully saturated rings. The molecule has 2 N–H and O–H groups in total. The Bertz CT molecular complexity index is 766. The van der Waals surface area contributed by atoms with E-state index in [0.717, 1.165) is 11.1 Å². The van der Waals surface area contributed by atoms with Crippen LogP contribution in [0, 0.1) is 0 Å². The van der Waals surface area contributed by atoms with Crippen LogP contribution in [0.25, 0.3) is 0 Å². The molecule has 25 heavy (non-hydrogen) atoms. The monoisotopic (exact) mass is 377 g/mol. The van der Waals surface area contributed by atoms with Crippen molar-refractivity contribution in [3.05, 3.63) is 58.6 Å². The Morgan fingerprint density at radius 1 is 1.20 bits per heavy atom. The van der Waals surface area contributed by atoms with Gasteiger partial charge < -0.3 is 15.2 Å². The van der Waals surface area contributed by atoms with Crippen molar-refractivity contribution < 1.29 is 9.47 Å². The molecule has 0 radical (unpaired) electrons. The van der Waals surface area contributed by atoms with Gasteiger partial charge in [-0.25, -0.2) is 0 Å². The lowest BCUT2D eigenvalue weighted by molar-refractivity contribution is 0.269. The van der Waals surface area contributed by atoms with Gasteiger partial charge in [-0.1, -0.05) is 41.6 Å². The number of benzene rings is 2. The number of amidine groups is 1. The van der Waals surface area contributed by atoms with Crippen molar-refractivity contribution in [2.75, 3.05) is 12.9 Å². The molecule has 0 aliphatic heterocycles. The number of thioether (sulfide) groups is 1. The highest BCUT2D eigenvalue weighted by Crippen LogP contribution is 2.29. The van der Waals surface area contributed by atoms with Crippen LogP contribution in [0.3, 0.4) is 0 Å². The first kappa shape index (κ1) is 19.1. The Hall–Kier alpha value is -2.18. The molecule has 0 aliphatic carbocycles. The highest BCUT2D eigenvalue weighted by Gasteiger charge is 2.07. The summed E-state index contributed by atoms with van der Waals surface area (Å²) in [5.41, 5.74) is 7.34. The standard InChI is InChI=1S/C18H20ClN3O2S/c1-3-23-17-10-13(11-21-22-18(20)25-2)8-9-16(17)24-12-14-6-4-5-7-15(14)19/h4-11H,3,12H2,1-2H3,(H2,20,22)/b21-11-. The highest BCUT2D eigenvalue weighted by molar-refractivity contribution is 8.13. The molecule has 2 aromatic carbocycles. The molecular weight excluding hydrogens is 358 g/mol. The SMILES string of the molecule is CCOc1cc(/C=N\N=C(/N)SC)ccc1OCc1ccccc1Cl. The zero-order valence-electron chi connectivity index (χ0n) is 14.1. The fraction of sp³-hybridized carbons (Fsp3) is 0.222. The molecule has 2 rings (SSSR count). The van der Waals surface area contributed by atoms with E-state index in [9.17, 15) is 0 Å². The molecule has 5 nitrogen and oxygen atoms in total. The number of rotatable bonds is 7. The maximum absolute atomic E-state index is 6.16. The van der Waals surface area contributed by atoms with E-state index in [-0.39, 0.29) is 0 Å². The Balaban J connectivity index is 2.14. The van der Waals surface area contributed by atoms with E-state index in [1.165, 1.54) is 11.8 Å². The third-order valence-electron chi connectivity index (χ3n) is 3.18. The fourth-order valence-electron chi connectivity index (χ4n) is 1.96. The minimum Gasteiger partial charge on any atom is -0.490 e. The van der Waals surface area contributed by atoms with Gasteiger partial charge >= 0.3 is 0 Å². The van der Waals surface area contributed by atoms with Crippen molar-refractivity contribution in [2.24, 2.45) is 15.9 Å². The fourth-order valence-corrected chi connectivity index (χ4v) is 2.28. The molecule has 0 bridgehead atoms. The average Bonchev–Trinajstić information content (AvgIpc) is 2.62. The predicted molar refractivity (Wildman–Crippen MR) is 106 cm³/mol. The van der Waals surface area contributed by atoms with Crippen LogP contribution in [0.15, 0.2) is 52.7 Å². The summed E-state index contributed by atoms with van der Waals surface area (Å²) in [5, 5.41) is 8.89. The van der Waals surface area contributed by atoms with Gasteiger partial charge in [0.25, 0.3) is 0 Å². The summed E-state index contributed by atoms with van der Waals surface area (Å²) in [5.74, 6) is 1.28. The second-order valence-corrected chi connectivity index (χ2v) is 6.14. The number of ether oxygens (including phenoxy) is 2. The lowest BCUT2D eigenvalue weighted by Gasteiger charge is -2.13. The summed E-state index contributed by atoms with van der Waals surface area (Å²) < 4.78 is 11.5. The maximum atomic E-state index is 6.16. The van der Waals surface area contributed by atoms with E-state index < -0.39 is 0 Å². The number of hydrogen-bond acceptors (Lipinski definition) is 5. The molecule has 0 heterocycles. The molecule has 0 aliphatic rings. The number of hydrogen-bond donors (Lipinski definition) is 1. The topological polar surface area (TPSA) is 69.2 Å². The first-order valence-corrected chi connectivity index (χ1v) is 9.27. The van der Waals surface area contributed by atoms with E-state index in [1.807, 2.05) is 55.6 Å². The summed E-state index contributed by atoms with van der Waals surface area (Å²) in [7, 11) is 0. The van der Waals surface area contributed by atoms with E-state index in [1.54, 1.807) is 6.21 Å². The van der Waals surface area contributed by atoms with Crippen molar-refractivity contribution >= 4 is 34.7 Å². The zero-order chi connectivity index (χ0) is 18.1. The first-order valence-electron chi connectivity index (χ1n) is 7.67. The van der Waals surface area contributed by atoms with Gasteiger partial charge in [0.2, 0.25) is 0 Å². The second-order valence-electron chi connectivity index (χ2n) is 4.91. The van der Waals surface area contributed by atoms with E-state index in [2.05, 4.69) is 10.2 Å². The van der Waals surface area contributed by atoms with Crippen molar-refractivity contribution in [1.29, 1.82) is 0 Å². The van der Waals surface area contributed by atoms with Gasteiger partial charge in [-0.15, -0.1) is 5.10 Å². The molecule has 0 saturated heterocycles. The van der Waals surface area contributed by atoms with E-state index >= 15 is 0 Å². The van der Waals surface area contributed by atoms with Crippen molar-refractivity contribution in [1.82, 2.24) is 0 Å². The summed E-state index contributed by atoms with van der Waals surface area (Å²) in [6.45, 7) is 2.81. The third-order valence-corrected chi connectivity index (χ3v) is 4.05. The lowest BCUT2D eigenvalue weighted by Crippen LogP contribution is -2.04. The van der Waals surface area contributed by atoms with Gasteiger partial charge in [0.05, 0.1) is 12.8 Å². The second kappa shape index (κ2) is 9.96. The van der Waals surface area contributed by atoms with Crippen LogP contribution < -0.4 is 15.2 Å². The van der Waals surface area contributed by atoms with Crippen LogP contribution in [0.1, 0.15) is 18.1 Å². The van der Waals surface area contributed by atoms with E-state index in [0.29, 0.717) is 34.9 Å². The number of nitrogens with zero attached hydrogens (tertiary/aromatic N) is 2. The first-order chi connectivity index (χ1) is 12.1. The normalized spacial score (nSPS) is 11.7. The van der Waals surface area contributed by atoms with Gasteiger partial charge in [-0.2, -0.15) is 5.10 Å². The van der Waals surface area contributed by atoms with Gasteiger partial charge in [0.1, 0.15) is 6.61 Å². The summed E-state index contributed by atoms with van der Waals surface area (Å²) in [4.78, 5) is 0. The van der Waals surface area contributed by atoms with Crippen LogP contribution in [-0.2, 0) is 6.61 Å². The van der Waals surface area contributed by atoms with Crippen LogP contribution >= 0.6 is 23.4 Å². The van der Waals surface area contributed by atoms with Crippen LogP contribution in [0.4, 0.5) is 0 Å². The Morgan fingerprint density at radius 3 is 2.72 bits per heavy atom. The Morgan fingerprint density at radius 2 is 2.00 bits per heavy atom. The van der Waals surface area contributed by atoms with Gasteiger partial charge in [0, 0.05) is 10.6 Å². The van der Waals surface area contributed by atoms with Crippen LogP contribution in [0.2, 0.25) is 5.02 Å². The van der Waals surface area contributed by atoms with Crippen LogP contribution in [0.5, 0.6) is 11.5 Å². The third kappa shape index (κ3) is 5.99. The molecule has 0 spiro atoms. The lowest BCUT2D eigenvalue weighted by atomic mass is 10.2. The van der Waals surface area contributed by atoms with Crippen LogP contribution in [-0.4, -0.2) is 24.2 Å². The number of nitrogens with two attached hydrogens (primary N) is 1. The molecule has 7 heteroatoms. The van der Waals surface area contributed by atoms with Crippen molar-refractivity contribution in [3.8, 4) is 11.5 Å². The summed E-state index contributed by atoms with van der Waals surface area (Å²) in [6.07, 6.45) is 3.45. The van der Waals surface area contributed by atoms with Crippen molar-refractivity contribution in [2.45, 2.75) is 13.5 Å². The summed E-state index contributed by atoms with van der Waals surface area (Å²) >= 11 is 7.50. The summed E-state index contributed by atoms with van der Waals surface area (Å²) in [6, 6.07) is 13.1. The zero-order valence-corrected chi connectivity index (χ0v) is 15.7. The van der Waals surface area contributed by atoms with Gasteiger partial charge in [-0.05, 0) is 43.0 Å². The quantitative estimate of drug-likeness (QED) is 0.443. The number of halogens is 1. The molecule has 0 aromatic heterocycles. The van der Waals surface area contributed by atoms with Gasteiger partial charge in [0.15, 0.2) is 16.7 Å². The molecule has 2 aromatic rings. The minimum absolute atomic E-state index is 0.363. The Labute approximate surface area is 156 Å². The Kier molecular flexibility index (Phi) is 7.63. The largest absolute Gasteiger partial charge is 0.490 e. The molecule has 132 valence electrons. The maximum Gasteiger partial charge on any atom is 0.180 e. The molecule has 0 amide bonds. The van der Waals surface area contributed by atoms with Crippen molar-refractivity contribution in [3.63, 3.8) is 0 Å². The molecule has 0 atom stereocenters. The highest BCUT2D eigenvalue weighted by atomic mass is 35.5. The predicted octanol–water partition coefficient (Wildman–Crippen LogP) is 4.33. The molecule has 0 unspecified atom stereocenters. The van der Waals surface area contributed by atoms with E-state index in [4.69, 9.17) is 26.8 Å². The molecule has 0 saturated carbocycles.